The second-order valence-electron chi connectivity index (χ2n) is 4.83. The summed E-state index contributed by atoms with van der Waals surface area (Å²) < 4.78 is 0.958. The summed E-state index contributed by atoms with van der Waals surface area (Å²) in [6.45, 7) is 2.07. The van der Waals surface area contributed by atoms with Gasteiger partial charge in [0.25, 0.3) is 5.91 Å². The second-order valence-corrected chi connectivity index (χ2v) is 5.90. The zero-order valence-corrected chi connectivity index (χ0v) is 11.0. The fraction of sp³-hybridized carbons (Fsp3) is 0.385. The van der Waals surface area contributed by atoms with Crippen LogP contribution in [0.15, 0.2) is 18.2 Å². The lowest BCUT2D eigenvalue weighted by molar-refractivity contribution is 0.0936. The van der Waals surface area contributed by atoms with Gasteiger partial charge in [0.1, 0.15) is 0 Å². The number of nitrogens with one attached hydrogen (secondary N) is 1. The fourth-order valence-corrected chi connectivity index (χ4v) is 2.86. The molecule has 1 aliphatic rings. The molecule has 18 heavy (non-hydrogen) atoms. The van der Waals surface area contributed by atoms with Gasteiger partial charge in [0.05, 0.1) is 10.2 Å². The Bertz CT molecular complexity index is 603. The number of anilines is 1. The topological polar surface area (TPSA) is 68.0 Å². The lowest BCUT2D eigenvalue weighted by atomic mass is 10.1. The van der Waals surface area contributed by atoms with Crippen LogP contribution in [0.2, 0.25) is 0 Å². The van der Waals surface area contributed by atoms with E-state index in [0.29, 0.717) is 16.6 Å². The van der Waals surface area contributed by atoms with Crippen LogP contribution >= 0.6 is 11.3 Å². The van der Waals surface area contributed by atoms with E-state index in [1.165, 1.54) is 24.2 Å². The van der Waals surface area contributed by atoms with E-state index in [-0.39, 0.29) is 11.9 Å². The lowest BCUT2D eigenvalue weighted by Gasteiger charge is -2.12. The number of carbonyl (C=O) groups is 1. The molecular weight excluding hydrogens is 246 g/mol. The van der Waals surface area contributed by atoms with Crippen LogP contribution in [0, 0.1) is 5.92 Å². The maximum absolute atomic E-state index is 12.1. The number of benzene rings is 1. The van der Waals surface area contributed by atoms with E-state index in [9.17, 15) is 4.79 Å². The fourth-order valence-electron chi connectivity index (χ4n) is 2.09. The van der Waals surface area contributed by atoms with Crippen molar-refractivity contribution in [2.45, 2.75) is 25.8 Å². The first-order chi connectivity index (χ1) is 8.63. The van der Waals surface area contributed by atoms with Gasteiger partial charge in [-0.25, -0.2) is 4.98 Å². The molecular formula is C13H15N3OS. The van der Waals surface area contributed by atoms with Gasteiger partial charge in [-0.15, -0.1) is 0 Å². The maximum atomic E-state index is 12.1. The molecule has 1 saturated carbocycles. The van der Waals surface area contributed by atoms with Crippen molar-refractivity contribution >= 4 is 32.6 Å². The van der Waals surface area contributed by atoms with Crippen LogP contribution in [0.5, 0.6) is 0 Å². The van der Waals surface area contributed by atoms with Gasteiger partial charge in [-0.1, -0.05) is 11.3 Å². The Kier molecular flexibility index (Phi) is 2.70. The van der Waals surface area contributed by atoms with Crippen molar-refractivity contribution in [3.63, 3.8) is 0 Å². The Morgan fingerprint density at radius 3 is 3.06 bits per heavy atom. The largest absolute Gasteiger partial charge is 0.375 e. The molecule has 1 aromatic heterocycles. The molecule has 1 amide bonds. The van der Waals surface area contributed by atoms with Crippen molar-refractivity contribution in [1.82, 2.24) is 10.3 Å². The van der Waals surface area contributed by atoms with Crippen molar-refractivity contribution < 1.29 is 4.79 Å². The zero-order chi connectivity index (χ0) is 12.7. The van der Waals surface area contributed by atoms with Crippen LogP contribution in [-0.2, 0) is 0 Å². The molecule has 2 aromatic rings. The van der Waals surface area contributed by atoms with Gasteiger partial charge in [0.2, 0.25) is 0 Å². The number of aromatic nitrogens is 1. The van der Waals surface area contributed by atoms with E-state index >= 15 is 0 Å². The summed E-state index contributed by atoms with van der Waals surface area (Å²) in [7, 11) is 0. The summed E-state index contributed by atoms with van der Waals surface area (Å²) in [5.74, 6) is 0.653. The second kappa shape index (κ2) is 4.24. The molecule has 4 nitrogen and oxygen atoms in total. The molecule has 1 atom stereocenters. The molecule has 0 spiro atoms. The number of thiazole rings is 1. The summed E-state index contributed by atoms with van der Waals surface area (Å²) in [5.41, 5.74) is 7.18. The van der Waals surface area contributed by atoms with Crippen molar-refractivity contribution in [1.29, 1.82) is 0 Å². The first-order valence-corrected chi connectivity index (χ1v) is 6.92. The Hall–Kier alpha value is -1.62. The average Bonchev–Trinajstić information content (AvgIpc) is 3.10. The van der Waals surface area contributed by atoms with Crippen LogP contribution in [0.1, 0.15) is 30.1 Å². The number of hydrogen-bond donors (Lipinski definition) is 2. The SMILES string of the molecule is CC(NC(=O)c1ccc2nc(N)sc2c1)C1CC1. The van der Waals surface area contributed by atoms with Crippen molar-refractivity contribution in [2.24, 2.45) is 5.92 Å². The van der Waals surface area contributed by atoms with Gasteiger partial charge in [-0.2, -0.15) is 0 Å². The van der Waals surface area contributed by atoms with Crippen molar-refractivity contribution in [3.8, 4) is 0 Å². The Balaban J connectivity index is 1.81. The molecule has 0 aliphatic heterocycles. The molecule has 3 rings (SSSR count). The summed E-state index contributed by atoms with van der Waals surface area (Å²) in [4.78, 5) is 16.3. The van der Waals surface area contributed by atoms with Gasteiger partial charge in [-0.3, -0.25) is 4.79 Å². The first kappa shape index (κ1) is 11.5. The predicted molar refractivity (Wildman–Crippen MR) is 73.7 cm³/mol. The quantitative estimate of drug-likeness (QED) is 0.891. The monoisotopic (exact) mass is 261 g/mol. The number of fused-ring (bicyclic) bond motifs is 1. The Morgan fingerprint density at radius 1 is 1.56 bits per heavy atom. The smallest absolute Gasteiger partial charge is 0.251 e. The minimum absolute atomic E-state index is 0.0109. The number of hydrogen-bond acceptors (Lipinski definition) is 4. The number of carbonyl (C=O) groups excluding carboxylic acids is 1. The number of rotatable bonds is 3. The van der Waals surface area contributed by atoms with E-state index in [2.05, 4.69) is 17.2 Å². The third kappa shape index (κ3) is 2.18. The van der Waals surface area contributed by atoms with Crippen LogP contribution in [0.25, 0.3) is 10.2 Å². The minimum atomic E-state index is -0.0109. The Morgan fingerprint density at radius 2 is 2.33 bits per heavy atom. The van der Waals surface area contributed by atoms with E-state index in [0.717, 1.165) is 10.2 Å². The third-order valence-electron chi connectivity index (χ3n) is 3.36. The predicted octanol–water partition coefficient (Wildman–Crippen LogP) is 2.41. The summed E-state index contributed by atoms with van der Waals surface area (Å²) in [6.07, 6.45) is 2.46. The van der Waals surface area contributed by atoms with Gasteiger partial charge >= 0.3 is 0 Å². The highest BCUT2D eigenvalue weighted by Gasteiger charge is 2.29. The van der Waals surface area contributed by atoms with Gasteiger partial charge in [0.15, 0.2) is 5.13 Å². The molecule has 1 fully saturated rings. The molecule has 1 unspecified atom stereocenters. The summed E-state index contributed by atoms with van der Waals surface area (Å²) in [6, 6.07) is 5.77. The molecule has 3 N–H and O–H groups in total. The number of nitrogens with two attached hydrogens (primary N) is 1. The van der Waals surface area contributed by atoms with Crippen molar-refractivity contribution in [2.75, 3.05) is 5.73 Å². The molecule has 0 radical (unpaired) electrons. The molecule has 94 valence electrons. The van der Waals surface area contributed by atoms with Crippen LogP contribution in [0.4, 0.5) is 5.13 Å². The lowest BCUT2D eigenvalue weighted by Crippen LogP contribution is -2.33. The zero-order valence-electron chi connectivity index (χ0n) is 10.1. The normalized spacial score (nSPS) is 16.7. The molecule has 5 heteroatoms. The standard InChI is InChI=1S/C13H15N3OS/c1-7(8-2-3-8)15-12(17)9-4-5-10-11(6-9)18-13(14)16-10/h4-8H,2-3H2,1H3,(H2,14,16)(H,15,17). The first-order valence-electron chi connectivity index (χ1n) is 6.10. The van der Waals surface area contributed by atoms with Crippen LogP contribution in [0.3, 0.4) is 0 Å². The van der Waals surface area contributed by atoms with Gasteiger partial charge in [-0.05, 0) is 43.9 Å². The average molecular weight is 261 g/mol. The molecule has 0 saturated heterocycles. The molecule has 1 heterocycles. The van der Waals surface area contributed by atoms with Gasteiger partial charge in [0, 0.05) is 11.6 Å². The van der Waals surface area contributed by atoms with Crippen LogP contribution < -0.4 is 11.1 Å². The Labute approximate surface area is 109 Å². The number of nitrogen functional groups attached to an aromatic ring is 1. The highest BCUT2D eigenvalue weighted by atomic mass is 32.1. The van der Waals surface area contributed by atoms with E-state index in [4.69, 9.17) is 5.73 Å². The minimum Gasteiger partial charge on any atom is -0.375 e. The van der Waals surface area contributed by atoms with Crippen molar-refractivity contribution in [3.05, 3.63) is 23.8 Å². The molecule has 0 bridgehead atoms. The molecule has 1 aliphatic carbocycles. The molecule has 1 aromatic carbocycles. The number of nitrogens with zero attached hydrogens (tertiary/aromatic N) is 1. The highest BCUT2D eigenvalue weighted by molar-refractivity contribution is 7.22. The van der Waals surface area contributed by atoms with E-state index in [1.54, 1.807) is 6.07 Å². The highest BCUT2D eigenvalue weighted by Crippen LogP contribution is 2.32. The number of amides is 1. The van der Waals surface area contributed by atoms with Crippen LogP contribution in [-0.4, -0.2) is 16.9 Å². The van der Waals surface area contributed by atoms with Gasteiger partial charge < -0.3 is 11.1 Å². The maximum Gasteiger partial charge on any atom is 0.251 e. The summed E-state index contributed by atoms with van der Waals surface area (Å²) in [5, 5.41) is 3.58. The van der Waals surface area contributed by atoms with E-state index in [1.807, 2.05) is 12.1 Å². The summed E-state index contributed by atoms with van der Waals surface area (Å²) >= 11 is 1.41. The third-order valence-corrected chi connectivity index (χ3v) is 4.20. The van der Waals surface area contributed by atoms with E-state index < -0.39 is 0 Å².